The fourth-order valence-electron chi connectivity index (χ4n) is 3.26. The van der Waals surface area contributed by atoms with Gasteiger partial charge in [-0.25, -0.2) is 0 Å². The Kier molecular flexibility index (Phi) is 16.8. The summed E-state index contributed by atoms with van der Waals surface area (Å²) in [6.45, 7) is 9.91. The van der Waals surface area contributed by atoms with Gasteiger partial charge < -0.3 is 25.1 Å². The number of aliphatic carboxylic acids is 1. The van der Waals surface area contributed by atoms with E-state index < -0.39 is 5.97 Å². The lowest BCUT2D eigenvalue weighted by molar-refractivity contribution is -0.137. The number of methoxy groups -OCH3 is 2. The van der Waals surface area contributed by atoms with Crippen LogP contribution < -0.4 is 15.2 Å². The van der Waals surface area contributed by atoms with Gasteiger partial charge in [-0.2, -0.15) is 0 Å². The molecule has 0 heterocycles. The van der Waals surface area contributed by atoms with Crippen molar-refractivity contribution in [3.8, 4) is 11.5 Å². The van der Waals surface area contributed by atoms with E-state index in [4.69, 9.17) is 25.1 Å². The minimum Gasteiger partial charge on any atom is -0.493 e. The Morgan fingerprint density at radius 2 is 1.77 bits per heavy atom. The molecule has 180 valence electrons. The molecule has 0 bridgehead atoms. The minimum atomic E-state index is -0.760. The SMILES string of the molecule is CCC.COCCCOc1cc(CC(CC(N)CCCC(=O)O)C(C)C)ccc1OC. The van der Waals surface area contributed by atoms with E-state index >= 15 is 0 Å². The third-order valence-corrected chi connectivity index (χ3v) is 4.99. The molecule has 2 unspecified atom stereocenters. The van der Waals surface area contributed by atoms with E-state index in [0.717, 1.165) is 37.2 Å². The number of carboxylic acids is 1. The average molecular weight is 440 g/mol. The number of benzene rings is 1. The summed E-state index contributed by atoms with van der Waals surface area (Å²) >= 11 is 0. The number of hydrogen-bond acceptors (Lipinski definition) is 5. The molecule has 0 aliphatic rings. The molecule has 1 aromatic rings. The van der Waals surface area contributed by atoms with Gasteiger partial charge >= 0.3 is 5.97 Å². The maximum atomic E-state index is 10.7. The highest BCUT2D eigenvalue weighted by Crippen LogP contribution is 2.31. The van der Waals surface area contributed by atoms with Gasteiger partial charge in [0, 0.05) is 32.6 Å². The Labute approximate surface area is 189 Å². The molecule has 1 rings (SSSR count). The zero-order chi connectivity index (χ0) is 23.6. The van der Waals surface area contributed by atoms with Gasteiger partial charge in [-0.15, -0.1) is 0 Å². The Morgan fingerprint density at radius 1 is 1.10 bits per heavy atom. The van der Waals surface area contributed by atoms with Crippen molar-refractivity contribution in [2.45, 2.75) is 78.7 Å². The van der Waals surface area contributed by atoms with Crippen LogP contribution in [-0.4, -0.2) is 44.6 Å². The van der Waals surface area contributed by atoms with Gasteiger partial charge in [-0.3, -0.25) is 4.79 Å². The predicted octanol–water partition coefficient (Wildman–Crippen LogP) is 5.31. The van der Waals surface area contributed by atoms with Crippen molar-refractivity contribution < 1.29 is 24.1 Å². The molecule has 0 radical (unpaired) electrons. The molecule has 6 heteroatoms. The third kappa shape index (κ3) is 14.0. The maximum absolute atomic E-state index is 10.7. The zero-order valence-corrected chi connectivity index (χ0v) is 20.5. The molecule has 0 saturated heterocycles. The van der Waals surface area contributed by atoms with Gasteiger partial charge in [0.25, 0.3) is 0 Å². The Balaban J connectivity index is 0.00000282. The lowest BCUT2D eigenvalue weighted by Crippen LogP contribution is -2.27. The lowest BCUT2D eigenvalue weighted by atomic mass is 9.83. The molecule has 0 aromatic heterocycles. The first-order chi connectivity index (χ1) is 14.8. The van der Waals surface area contributed by atoms with Crippen LogP contribution in [0.1, 0.15) is 71.8 Å². The topological polar surface area (TPSA) is 91.0 Å². The van der Waals surface area contributed by atoms with Crippen molar-refractivity contribution in [1.29, 1.82) is 0 Å². The molecule has 1 aromatic carbocycles. The van der Waals surface area contributed by atoms with Crippen molar-refractivity contribution in [1.82, 2.24) is 0 Å². The molecule has 0 aliphatic carbocycles. The molecule has 0 saturated carbocycles. The first-order valence-electron chi connectivity index (χ1n) is 11.5. The number of carbonyl (C=O) groups is 1. The van der Waals surface area contributed by atoms with Crippen LogP contribution in [0, 0.1) is 11.8 Å². The Hall–Kier alpha value is -1.79. The summed E-state index contributed by atoms with van der Waals surface area (Å²) in [6, 6.07) is 6.10. The van der Waals surface area contributed by atoms with Crippen LogP contribution in [0.3, 0.4) is 0 Å². The first kappa shape index (κ1) is 29.2. The van der Waals surface area contributed by atoms with Crippen LogP contribution in [0.15, 0.2) is 18.2 Å². The summed E-state index contributed by atoms with van der Waals surface area (Å²) in [5, 5.41) is 8.78. The first-order valence-corrected chi connectivity index (χ1v) is 11.5. The van der Waals surface area contributed by atoms with Gasteiger partial charge in [-0.1, -0.05) is 40.2 Å². The summed E-state index contributed by atoms with van der Waals surface area (Å²) in [7, 11) is 3.32. The van der Waals surface area contributed by atoms with Crippen LogP contribution in [0.2, 0.25) is 0 Å². The monoisotopic (exact) mass is 439 g/mol. The van der Waals surface area contributed by atoms with Gasteiger partial charge in [0.05, 0.1) is 13.7 Å². The maximum Gasteiger partial charge on any atom is 0.303 e. The summed E-state index contributed by atoms with van der Waals surface area (Å²) < 4.78 is 16.4. The normalized spacial score (nSPS) is 12.6. The van der Waals surface area contributed by atoms with Crippen molar-refractivity contribution >= 4 is 5.97 Å². The van der Waals surface area contributed by atoms with Crippen molar-refractivity contribution in [2.75, 3.05) is 27.4 Å². The lowest BCUT2D eigenvalue weighted by Gasteiger charge is -2.25. The molecule has 6 nitrogen and oxygen atoms in total. The second-order valence-corrected chi connectivity index (χ2v) is 8.38. The van der Waals surface area contributed by atoms with Crippen LogP contribution in [0.4, 0.5) is 0 Å². The smallest absolute Gasteiger partial charge is 0.303 e. The van der Waals surface area contributed by atoms with Crippen LogP contribution >= 0.6 is 0 Å². The molecule has 0 aliphatic heterocycles. The van der Waals surface area contributed by atoms with Crippen LogP contribution in [0.5, 0.6) is 11.5 Å². The molecular weight excluding hydrogens is 394 g/mol. The zero-order valence-electron chi connectivity index (χ0n) is 20.5. The van der Waals surface area contributed by atoms with E-state index in [9.17, 15) is 4.79 Å². The second kappa shape index (κ2) is 17.8. The van der Waals surface area contributed by atoms with Crippen molar-refractivity contribution in [2.24, 2.45) is 17.6 Å². The molecule has 2 atom stereocenters. The number of hydrogen-bond donors (Lipinski definition) is 2. The van der Waals surface area contributed by atoms with Crippen LogP contribution in [0.25, 0.3) is 0 Å². The van der Waals surface area contributed by atoms with E-state index in [1.165, 1.54) is 12.0 Å². The summed E-state index contributed by atoms with van der Waals surface area (Å²) in [5.41, 5.74) is 7.47. The quantitative estimate of drug-likeness (QED) is 0.360. The van der Waals surface area contributed by atoms with Crippen molar-refractivity contribution in [3.63, 3.8) is 0 Å². The molecule has 3 N–H and O–H groups in total. The van der Waals surface area contributed by atoms with Gasteiger partial charge in [0.2, 0.25) is 0 Å². The summed E-state index contributed by atoms with van der Waals surface area (Å²) in [5.74, 6) is 1.63. The number of nitrogens with two attached hydrogens (primary N) is 1. The van der Waals surface area contributed by atoms with E-state index in [2.05, 4.69) is 39.8 Å². The number of rotatable bonds is 15. The summed E-state index contributed by atoms with van der Waals surface area (Å²) in [4.78, 5) is 10.7. The van der Waals surface area contributed by atoms with E-state index in [1.807, 2.05) is 6.07 Å². The molecule has 0 spiro atoms. The minimum absolute atomic E-state index is 0.0229. The fraction of sp³-hybridized carbons (Fsp3) is 0.720. The van der Waals surface area contributed by atoms with Crippen LogP contribution in [-0.2, 0) is 16.0 Å². The Morgan fingerprint density at radius 3 is 2.32 bits per heavy atom. The molecule has 0 fully saturated rings. The molecule has 31 heavy (non-hydrogen) atoms. The number of carboxylic acid groups (broad SMARTS) is 1. The standard InChI is InChI=1S/C22H37NO5.C3H8/c1-16(2)18(15-19(23)7-5-8-22(24)25)13-17-9-10-20(27-4)21(14-17)28-12-6-11-26-3;1-3-2/h9-10,14,16,18-19H,5-8,11-13,15,23H2,1-4H3,(H,24,25);3H2,1-2H3. The van der Waals surface area contributed by atoms with E-state index in [0.29, 0.717) is 31.5 Å². The van der Waals surface area contributed by atoms with Gasteiger partial charge in [0.15, 0.2) is 11.5 Å². The highest BCUT2D eigenvalue weighted by molar-refractivity contribution is 5.66. The Bertz CT molecular complexity index is 591. The highest BCUT2D eigenvalue weighted by atomic mass is 16.5. The third-order valence-electron chi connectivity index (χ3n) is 4.99. The summed E-state index contributed by atoms with van der Waals surface area (Å²) in [6.07, 6.45) is 5.41. The molecule has 0 amide bonds. The predicted molar refractivity (Wildman–Crippen MR) is 127 cm³/mol. The fourth-order valence-corrected chi connectivity index (χ4v) is 3.26. The number of ether oxygens (including phenoxy) is 3. The van der Waals surface area contributed by atoms with Gasteiger partial charge in [0.1, 0.15) is 0 Å². The van der Waals surface area contributed by atoms with Gasteiger partial charge in [-0.05, 0) is 55.2 Å². The molecular formula is C25H45NO5. The largest absolute Gasteiger partial charge is 0.493 e. The second-order valence-electron chi connectivity index (χ2n) is 8.38. The van der Waals surface area contributed by atoms with E-state index in [1.54, 1.807) is 14.2 Å². The van der Waals surface area contributed by atoms with Crippen molar-refractivity contribution in [3.05, 3.63) is 23.8 Å². The highest BCUT2D eigenvalue weighted by Gasteiger charge is 2.19. The van der Waals surface area contributed by atoms with E-state index in [-0.39, 0.29) is 12.5 Å². The average Bonchev–Trinajstić information content (AvgIpc) is 2.71.